The Kier molecular flexibility index (Phi) is 4.25. The van der Waals surface area contributed by atoms with Gasteiger partial charge in [0, 0.05) is 36.6 Å². The summed E-state index contributed by atoms with van der Waals surface area (Å²) >= 11 is 1.54. The van der Waals surface area contributed by atoms with Crippen molar-refractivity contribution in [2.75, 3.05) is 24.5 Å². The van der Waals surface area contributed by atoms with E-state index in [1.807, 2.05) is 52.2 Å². The summed E-state index contributed by atoms with van der Waals surface area (Å²) in [6, 6.07) is 12.5. The number of aromatic nitrogens is 1. The van der Waals surface area contributed by atoms with Gasteiger partial charge in [0.25, 0.3) is 5.91 Å². The zero-order chi connectivity index (χ0) is 19.1. The lowest BCUT2D eigenvalue weighted by molar-refractivity contribution is 0.0985. The van der Waals surface area contributed by atoms with Gasteiger partial charge in [0.2, 0.25) is 0 Å². The van der Waals surface area contributed by atoms with Crippen LogP contribution in [0.5, 0.6) is 0 Å². The Balaban J connectivity index is 1.41. The molecule has 4 nitrogen and oxygen atoms in total. The second-order valence-electron chi connectivity index (χ2n) is 7.64. The number of hydrogen-bond acceptors (Lipinski definition) is 4. The summed E-state index contributed by atoms with van der Waals surface area (Å²) in [4.78, 5) is 22.0. The Bertz CT molecular complexity index is 1000. The summed E-state index contributed by atoms with van der Waals surface area (Å²) in [5, 5.41) is 3.84. The molecule has 1 amide bonds. The molecule has 3 aromatic rings. The molecule has 0 bridgehead atoms. The summed E-state index contributed by atoms with van der Waals surface area (Å²) < 4.78 is 13.2. The van der Waals surface area contributed by atoms with E-state index in [1.165, 1.54) is 23.5 Å². The molecule has 2 aromatic heterocycles. The van der Waals surface area contributed by atoms with E-state index in [0.717, 1.165) is 48.6 Å². The molecule has 2 aliphatic rings. The standard InChI is InChI=1S/C22H20FN3OS/c23-18-5-3-16(4-6-18)12-25-10-8-22(14-25)15-26(19-2-1-9-24-20(19)22)21(27)17-7-11-28-13-17/h1-7,9,11,13H,8,10,12,14-15H2. The Morgan fingerprint density at radius 2 is 2.04 bits per heavy atom. The highest BCUT2D eigenvalue weighted by molar-refractivity contribution is 7.08. The van der Waals surface area contributed by atoms with Crippen molar-refractivity contribution in [1.29, 1.82) is 0 Å². The number of benzene rings is 1. The third kappa shape index (κ3) is 2.93. The maximum atomic E-state index is 13.2. The number of fused-ring (bicyclic) bond motifs is 2. The first-order valence-electron chi connectivity index (χ1n) is 9.41. The first-order valence-corrected chi connectivity index (χ1v) is 10.4. The first-order chi connectivity index (χ1) is 13.6. The molecule has 142 valence electrons. The third-order valence-electron chi connectivity index (χ3n) is 5.81. The molecule has 0 radical (unpaired) electrons. The lowest BCUT2D eigenvalue weighted by Crippen LogP contribution is -2.39. The molecule has 1 spiro atoms. The van der Waals surface area contributed by atoms with Gasteiger partial charge in [-0.25, -0.2) is 4.39 Å². The molecule has 0 N–H and O–H groups in total. The van der Waals surface area contributed by atoms with Crippen molar-refractivity contribution in [3.63, 3.8) is 0 Å². The summed E-state index contributed by atoms with van der Waals surface area (Å²) in [6.45, 7) is 3.23. The Labute approximate surface area is 167 Å². The maximum absolute atomic E-state index is 13.2. The number of pyridine rings is 1. The van der Waals surface area contributed by atoms with Crippen molar-refractivity contribution in [1.82, 2.24) is 9.88 Å². The third-order valence-corrected chi connectivity index (χ3v) is 6.49. The number of carbonyl (C=O) groups excluding carboxylic acids is 1. The molecule has 1 unspecified atom stereocenters. The van der Waals surface area contributed by atoms with Gasteiger partial charge < -0.3 is 4.90 Å². The molecular weight excluding hydrogens is 373 g/mol. The summed E-state index contributed by atoms with van der Waals surface area (Å²) in [5.41, 5.74) is 3.66. The van der Waals surface area contributed by atoms with Crippen molar-refractivity contribution in [2.24, 2.45) is 0 Å². The van der Waals surface area contributed by atoms with Crippen LogP contribution in [0.2, 0.25) is 0 Å². The maximum Gasteiger partial charge on any atom is 0.259 e. The molecule has 0 aliphatic carbocycles. The zero-order valence-corrected chi connectivity index (χ0v) is 16.2. The summed E-state index contributed by atoms with van der Waals surface area (Å²) in [5.74, 6) is -0.164. The van der Waals surface area contributed by atoms with E-state index in [2.05, 4.69) is 4.90 Å². The number of halogens is 1. The number of thiophene rings is 1. The van der Waals surface area contributed by atoms with Crippen molar-refractivity contribution < 1.29 is 9.18 Å². The molecule has 0 saturated carbocycles. The zero-order valence-electron chi connectivity index (χ0n) is 15.3. The van der Waals surface area contributed by atoms with Gasteiger partial charge in [-0.15, -0.1) is 0 Å². The number of anilines is 1. The monoisotopic (exact) mass is 393 g/mol. The van der Waals surface area contributed by atoms with Crippen molar-refractivity contribution in [3.8, 4) is 0 Å². The number of likely N-dealkylation sites (tertiary alicyclic amines) is 1. The largest absolute Gasteiger partial charge is 0.305 e. The first kappa shape index (κ1) is 17.5. The van der Waals surface area contributed by atoms with Crippen LogP contribution in [0.3, 0.4) is 0 Å². The fraction of sp³-hybridized carbons (Fsp3) is 0.273. The molecule has 1 aromatic carbocycles. The lowest BCUT2D eigenvalue weighted by Gasteiger charge is -2.25. The van der Waals surface area contributed by atoms with Crippen LogP contribution in [0, 0.1) is 5.82 Å². The topological polar surface area (TPSA) is 36.4 Å². The summed E-state index contributed by atoms with van der Waals surface area (Å²) in [7, 11) is 0. The highest BCUT2D eigenvalue weighted by atomic mass is 32.1. The Morgan fingerprint density at radius 3 is 2.82 bits per heavy atom. The number of nitrogens with zero attached hydrogens (tertiary/aromatic N) is 3. The van der Waals surface area contributed by atoms with Gasteiger partial charge in [-0.05, 0) is 54.2 Å². The van der Waals surface area contributed by atoms with Gasteiger partial charge in [-0.2, -0.15) is 11.3 Å². The van der Waals surface area contributed by atoms with Gasteiger partial charge in [-0.3, -0.25) is 14.7 Å². The average molecular weight is 393 g/mol. The molecule has 4 heterocycles. The Morgan fingerprint density at radius 1 is 1.18 bits per heavy atom. The molecule has 1 atom stereocenters. The van der Waals surface area contributed by atoms with Gasteiger partial charge >= 0.3 is 0 Å². The second-order valence-corrected chi connectivity index (χ2v) is 8.42. The fourth-order valence-electron chi connectivity index (χ4n) is 4.47. The molecule has 5 rings (SSSR count). The van der Waals surface area contributed by atoms with Crippen LogP contribution in [0.25, 0.3) is 0 Å². The predicted octanol–water partition coefficient (Wildman–Crippen LogP) is 4.09. The van der Waals surface area contributed by atoms with Gasteiger partial charge in [0.05, 0.1) is 16.9 Å². The molecule has 1 fully saturated rings. The molecule has 6 heteroatoms. The molecule has 2 aliphatic heterocycles. The SMILES string of the molecule is O=C(c1ccsc1)N1CC2(CCN(Cc3ccc(F)cc3)C2)c2ncccc21. The van der Waals surface area contributed by atoms with Crippen LogP contribution in [0.1, 0.15) is 28.0 Å². The van der Waals surface area contributed by atoms with E-state index >= 15 is 0 Å². The molecule has 28 heavy (non-hydrogen) atoms. The number of hydrogen-bond donors (Lipinski definition) is 0. The highest BCUT2D eigenvalue weighted by Gasteiger charge is 2.49. The Hall–Kier alpha value is -2.57. The summed E-state index contributed by atoms with van der Waals surface area (Å²) in [6.07, 6.45) is 2.79. The normalized spacial score (nSPS) is 21.4. The van der Waals surface area contributed by atoms with Crippen LogP contribution < -0.4 is 4.90 Å². The van der Waals surface area contributed by atoms with Gasteiger partial charge in [-0.1, -0.05) is 12.1 Å². The second kappa shape index (κ2) is 6.79. The molecular formula is C22H20FN3OS. The minimum Gasteiger partial charge on any atom is -0.305 e. The smallest absolute Gasteiger partial charge is 0.259 e. The lowest BCUT2D eigenvalue weighted by atomic mass is 9.85. The van der Waals surface area contributed by atoms with E-state index in [4.69, 9.17) is 4.98 Å². The quantitative estimate of drug-likeness (QED) is 0.673. The van der Waals surface area contributed by atoms with Crippen LogP contribution >= 0.6 is 11.3 Å². The number of carbonyl (C=O) groups is 1. The van der Waals surface area contributed by atoms with E-state index in [-0.39, 0.29) is 17.1 Å². The minimum absolute atomic E-state index is 0.0457. The van der Waals surface area contributed by atoms with Crippen LogP contribution in [0.4, 0.5) is 10.1 Å². The van der Waals surface area contributed by atoms with Crippen molar-refractivity contribution >= 4 is 22.9 Å². The highest BCUT2D eigenvalue weighted by Crippen LogP contribution is 2.45. The predicted molar refractivity (Wildman–Crippen MR) is 108 cm³/mol. The van der Waals surface area contributed by atoms with Crippen molar-refractivity contribution in [2.45, 2.75) is 18.4 Å². The molecule has 1 saturated heterocycles. The van der Waals surface area contributed by atoms with E-state index in [1.54, 1.807) is 0 Å². The minimum atomic E-state index is -0.210. The van der Waals surface area contributed by atoms with Crippen LogP contribution in [0.15, 0.2) is 59.4 Å². The number of amides is 1. The van der Waals surface area contributed by atoms with Crippen LogP contribution in [-0.2, 0) is 12.0 Å². The van der Waals surface area contributed by atoms with Gasteiger partial charge in [0.1, 0.15) is 5.82 Å². The van der Waals surface area contributed by atoms with E-state index < -0.39 is 0 Å². The number of rotatable bonds is 3. The van der Waals surface area contributed by atoms with Gasteiger partial charge in [0.15, 0.2) is 0 Å². The van der Waals surface area contributed by atoms with E-state index in [0.29, 0.717) is 6.54 Å². The average Bonchev–Trinajstić information content (AvgIpc) is 3.45. The van der Waals surface area contributed by atoms with E-state index in [9.17, 15) is 9.18 Å². The van der Waals surface area contributed by atoms with Crippen LogP contribution in [-0.4, -0.2) is 35.4 Å². The van der Waals surface area contributed by atoms with Crippen molar-refractivity contribution in [3.05, 3.63) is 82.1 Å². The fourth-order valence-corrected chi connectivity index (χ4v) is 5.10.